The van der Waals surface area contributed by atoms with E-state index in [-0.39, 0.29) is 14.3 Å². The summed E-state index contributed by atoms with van der Waals surface area (Å²) >= 11 is 0. The molecular formula is C26H28N8O. The van der Waals surface area contributed by atoms with E-state index in [2.05, 4.69) is 36.1 Å². The maximum Gasteiger partial charge on any atom is 0.277 e. The molecular weight excluding hydrogens is 440 g/mol. The molecule has 4 aromatic rings. The Hall–Kier alpha value is -4.92. The van der Waals surface area contributed by atoms with Gasteiger partial charge < -0.3 is 16.0 Å². The van der Waals surface area contributed by atoms with Crippen molar-refractivity contribution in [1.82, 2.24) is 15.0 Å². The summed E-state index contributed by atoms with van der Waals surface area (Å²) in [5, 5.41) is 18.1. The van der Waals surface area contributed by atoms with Gasteiger partial charge in [-0.25, -0.2) is 9.97 Å². The van der Waals surface area contributed by atoms with Crippen molar-refractivity contribution in [3.05, 3.63) is 90.9 Å². The normalized spacial score (nSPS) is 11.0. The van der Waals surface area contributed by atoms with Gasteiger partial charge in [-0.1, -0.05) is 24.3 Å². The van der Waals surface area contributed by atoms with Crippen LogP contribution in [0.4, 0.5) is 23.0 Å². The predicted octanol–water partition coefficient (Wildman–Crippen LogP) is 5.53. The predicted molar refractivity (Wildman–Crippen MR) is 143 cm³/mol. The fraction of sp³-hybridized carbons (Fsp3) is 0.0769. The zero-order chi connectivity index (χ0) is 24.6. The van der Waals surface area contributed by atoms with Gasteiger partial charge in [0.15, 0.2) is 5.71 Å². The number of nitrogens with one attached hydrogen (secondary N) is 4. The average molecular weight is 469 g/mol. The highest BCUT2D eigenvalue weighted by atomic mass is 16.2. The van der Waals surface area contributed by atoms with Gasteiger partial charge in [0, 0.05) is 38.4 Å². The first kappa shape index (κ1) is 23.2. The summed E-state index contributed by atoms with van der Waals surface area (Å²) in [6, 6.07) is 20.3. The van der Waals surface area contributed by atoms with Gasteiger partial charge in [-0.3, -0.25) is 15.2 Å². The van der Waals surface area contributed by atoms with Crippen molar-refractivity contribution in [3.63, 3.8) is 0 Å². The number of hydrogen-bond donors (Lipinski definition) is 4. The summed E-state index contributed by atoms with van der Waals surface area (Å²) < 4.78 is 0. The van der Waals surface area contributed by atoms with Crippen LogP contribution in [0.25, 0.3) is 11.3 Å². The number of hydrogen-bond acceptors (Lipinski definition) is 8. The van der Waals surface area contributed by atoms with Gasteiger partial charge in [0.25, 0.3) is 5.91 Å². The number of aryl methyl sites for hydroxylation is 1. The molecule has 9 nitrogen and oxygen atoms in total. The van der Waals surface area contributed by atoms with Crippen LogP contribution < -0.4 is 16.1 Å². The lowest BCUT2D eigenvalue weighted by Gasteiger charge is -2.13. The van der Waals surface area contributed by atoms with E-state index in [0.29, 0.717) is 11.6 Å². The molecule has 0 aliphatic heterocycles. The van der Waals surface area contributed by atoms with Crippen molar-refractivity contribution in [2.75, 3.05) is 16.1 Å². The fourth-order valence-corrected chi connectivity index (χ4v) is 3.18. The van der Waals surface area contributed by atoms with Crippen LogP contribution in [0.5, 0.6) is 0 Å². The molecule has 0 atom stereocenters. The second-order valence-electron chi connectivity index (χ2n) is 7.68. The van der Waals surface area contributed by atoms with Gasteiger partial charge >= 0.3 is 0 Å². The molecule has 0 aliphatic carbocycles. The molecule has 2 aromatic carbocycles. The second kappa shape index (κ2) is 10.8. The lowest BCUT2D eigenvalue weighted by Crippen LogP contribution is -2.29. The number of anilines is 4. The van der Waals surface area contributed by atoms with E-state index in [0.717, 1.165) is 28.2 Å². The minimum absolute atomic E-state index is 0. The molecule has 0 bridgehead atoms. The lowest BCUT2D eigenvalue weighted by atomic mass is 10.1. The van der Waals surface area contributed by atoms with Crippen molar-refractivity contribution >= 4 is 40.3 Å². The van der Waals surface area contributed by atoms with Crippen molar-refractivity contribution < 1.29 is 7.65 Å². The standard InChI is InChI=1S/C26H24N8O.2H2/c1-17-10-11-21(30-25(35)24(18(2)27)34-33-20-8-4-3-5-9-20)15-23(17)32-26-29-14-12-22(31-26)19-7-6-13-28-16-19;;/h3-16,27,33H,1-2H3,(H,30,35)(H,29,31,32);2*1H/b27-18?,34-24+;;. The molecule has 0 saturated carbocycles. The van der Waals surface area contributed by atoms with Crippen molar-refractivity contribution in [2.45, 2.75) is 13.8 Å². The molecule has 2 aromatic heterocycles. The number of carbonyl (C=O) groups excluding carboxylic acids is 1. The highest BCUT2D eigenvalue weighted by molar-refractivity contribution is 6.67. The van der Waals surface area contributed by atoms with Crippen LogP contribution in [0.1, 0.15) is 15.3 Å². The maximum absolute atomic E-state index is 12.9. The molecule has 2 heterocycles. The number of carbonyl (C=O) groups is 1. The molecule has 0 radical (unpaired) electrons. The number of aromatic nitrogens is 3. The summed E-state index contributed by atoms with van der Waals surface area (Å²) in [6.07, 6.45) is 5.12. The van der Waals surface area contributed by atoms with Gasteiger partial charge in [0.1, 0.15) is 0 Å². The molecule has 0 aliphatic rings. The third-order valence-electron chi connectivity index (χ3n) is 5.00. The number of hydrazone groups is 1. The number of benzene rings is 2. The maximum atomic E-state index is 12.9. The van der Waals surface area contributed by atoms with Crippen LogP contribution in [0, 0.1) is 12.3 Å². The van der Waals surface area contributed by atoms with E-state index in [1.165, 1.54) is 6.92 Å². The quantitative estimate of drug-likeness (QED) is 0.199. The van der Waals surface area contributed by atoms with Gasteiger partial charge in [-0.05, 0) is 61.9 Å². The molecule has 0 fully saturated rings. The van der Waals surface area contributed by atoms with Gasteiger partial charge in [-0.2, -0.15) is 5.10 Å². The summed E-state index contributed by atoms with van der Waals surface area (Å²) in [4.78, 5) is 25.9. The van der Waals surface area contributed by atoms with Crippen LogP contribution in [-0.4, -0.2) is 32.3 Å². The van der Waals surface area contributed by atoms with E-state index >= 15 is 0 Å². The molecule has 4 N–H and O–H groups in total. The second-order valence-corrected chi connectivity index (χ2v) is 7.68. The van der Waals surface area contributed by atoms with Gasteiger partial charge in [0.05, 0.1) is 17.1 Å². The average Bonchev–Trinajstić information content (AvgIpc) is 2.87. The molecule has 178 valence electrons. The van der Waals surface area contributed by atoms with Gasteiger partial charge in [0.2, 0.25) is 5.95 Å². The SMILES string of the molecule is CC(=N)/C(=N\Nc1ccccc1)C(=O)Nc1ccc(C)c(Nc2nccc(-c3cccnc3)n2)c1.[HH].[HH]. The van der Waals surface area contributed by atoms with E-state index in [1.807, 2.05) is 61.5 Å². The summed E-state index contributed by atoms with van der Waals surface area (Å²) in [6.45, 7) is 3.46. The van der Waals surface area contributed by atoms with E-state index in [9.17, 15) is 4.79 Å². The van der Waals surface area contributed by atoms with Crippen LogP contribution in [0.15, 0.2) is 90.4 Å². The third-order valence-corrected chi connectivity index (χ3v) is 5.00. The van der Waals surface area contributed by atoms with Crippen molar-refractivity contribution in [1.29, 1.82) is 5.41 Å². The van der Waals surface area contributed by atoms with Crippen LogP contribution in [0.3, 0.4) is 0 Å². The monoisotopic (exact) mass is 468 g/mol. The largest absolute Gasteiger partial charge is 0.324 e. The Bertz CT molecular complexity index is 1380. The number of nitrogens with zero attached hydrogens (tertiary/aromatic N) is 4. The lowest BCUT2D eigenvalue weighted by molar-refractivity contribution is -0.110. The summed E-state index contributed by atoms with van der Waals surface area (Å²) in [5.41, 5.74) is 7.40. The molecule has 35 heavy (non-hydrogen) atoms. The topological polar surface area (TPSA) is 128 Å². The van der Waals surface area contributed by atoms with Crippen molar-refractivity contribution in [2.24, 2.45) is 5.10 Å². The molecule has 1 amide bonds. The van der Waals surface area contributed by atoms with E-state index in [1.54, 1.807) is 30.7 Å². The highest BCUT2D eigenvalue weighted by Gasteiger charge is 2.15. The molecule has 0 saturated heterocycles. The zero-order valence-corrected chi connectivity index (χ0v) is 19.3. The third kappa shape index (κ3) is 6.11. The summed E-state index contributed by atoms with van der Waals surface area (Å²) in [7, 11) is 0. The molecule has 0 unspecified atom stereocenters. The first-order valence-corrected chi connectivity index (χ1v) is 10.9. The number of pyridine rings is 1. The Morgan fingerprint density at radius 3 is 2.57 bits per heavy atom. The number of amides is 1. The minimum Gasteiger partial charge on any atom is -0.324 e. The number of para-hydroxylation sites is 1. The summed E-state index contributed by atoms with van der Waals surface area (Å²) in [5.74, 6) is -0.0758. The zero-order valence-electron chi connectivity index (χ0n) is 19.3. The Balaban J connectivity index is 0.00000241. The Morgan fingerprint density at radius 1 is 1.00 bits per heavy atom. The minimum atomic E-state index is -0.495. The Labute approximate surface area is 205 Å². The van der Waals surface area contributed by atoms with Crippen LogP contribution in [-0.2, 0) is 4.79 Å². The molecule has 9 heteroatoms. The first-order valence-electron chi connectivity index (χ1n) is 10.9. The van der Waals surface area contributed by atoms with Crippen LogP contribution >= 0.6 is 0 Å². The Kier molecular flexibility index (Phi) is 7.17. The first-order chi connectivity index (χ1) is 17.0. The molecule has 4 rings (SSSR count). The number of rotatable bonds is 8. The van der Waals surface area contributed by atoms with E-state index < -0.39 is 5.91 Å². The van der Waals surface area contributed by atoms with Gasteiger partial charge in [-0.15, -0.1) is 0 Å². The van der Waals surface area contributed by atoms with E-state index in [4.69, 9.17) is 5.41 Å². The highest BCUT2D eigenvalue weighted by Crippen LogP contribution is 2.24. The smallest absolute Gasteiger partial charge is 0.277 e. The van der Waals surface area contributed by atoms with Crippen LogP contribution in [0.2, 0.25) is 0 Å². The van der Waals surface area contributed by atoms with Crippen molar-refractivity contribution in [3.8, 4) is 11.3 Å². The molecule has 0 spiro atoms. The fourth-order valence-electron chi connectivity index (χ4n) is 3.18. The Morgan fingerprint density at radius 2 is 1.83 bits per heavy atom.